The fourth-order valence-electron chi connectivity index (χ4n) is 2.51. The molecule has 0 radical (unpaired) electrons. The van der Waals surface area contributed by atoms with Gasteiger partial charge in [-0.25, -0.2) is 0 Å². The van der Waals surface area contributed by atoms with E-state index in [4.69, 9.17) is 14.2 Å². The summed E-state index contributed by atoms with van der Waals surface area (Å²) in [6, 6.07) is 0. The molecule has 1 aliphatic heterocycles. The number of Topliss-reactive ketones (excluding diaryl/α,β-unsaturated/α-hetero) is 1. The van der Waals surface area contributed by atoms with Crippen LogP contribution < -0.4 is 0 Å². The second-order valence-corrected chi connectivity index (χ2v) is 4.58. The Morgan fingerprint density at radius 1 is 1.50 bits per heavy atom. The van der Waals surface area contributed by atoms with Crippen molar-refractivity contribution in [3.63, 3.8) is 0 Å². The summed E-state index contributed by atoms with van der Waals surface area (Å²) < 4.78 is 15.8. The van der Waals surface area contributed by atoms with E-state index < -0.39 is 11.7 Å². The first-order valence-corrected chi connectivity index (χ1v) is 6.23. The first-order valence-electron chi connectivity index (χ1n) is 6.23. The molecule has 2 fully saturated rings. The largest absolute Gasteiger partial charge is 0.465 e. The Labute approximate surface area is 106 Å². The van der Waals surface area contributed by atoms with Gasteiger partial charge in [-0.15, -0.1) is 0 Å². The van der Waals surface area contributed by atoms with E-state index in [1.165, 1.54) is 0 Å². The minimum Gasteiger partial charge on any atom is -0.465 e. The van der Waals surface area contributed by atoms with Crippen molar-refractivity contribution in [2.75, 3.05) is 19.8 Å². The van der Waals surface area contributed by atoms with Gasteiger partial charge in [-0.3, -0.25) is 9.59 Å². The van der Waals surface area contributed by atoms with Crippen LogP contribution in [0.2, 0.25) is 0 Å². The fraction of sp³-hybridized carbons (Fsp3) is 0.692. The lowest BCUT2D eigenvalue weighted by molar-refractivity contribution is -0.158. The van der Waals surface area contributed by atoms with Gasteiger partial charge in [0.25, 0.3) is 0 Å². The van der Waals surface area contributed by atoms with Crippen LogP contribution in [0.5, 0.6) is 0 Å². The minimum absolute atomic E-state index is 0.0685. The second kappa shape index (κ2) is 5.20. The van der Waals surface area contributed by atoms with E-state index >= 15 is 0 Å². The third-order valence-corrected chi connectivity index (χ3v) is 3.57. The number of rotatable bonds is 4. The van der Waals surface area contributed by atoms with Gasteiger partial charge in [-0.1, -0.05) is 6.58 Å². The second-order valence-electron chi connectivity index (χ2n) is 4.58. The van der Waals surface area contributed by atoms with E-state index in [0.717, 1.165) is 0 Å². The molecule has 5 heteroatoms. The highest BCUT2D eigenvalue weighted by molar-refractivity contribution is 6.05. The summed E-state index contributed by atoms with van der Waals surface area (Å²) in [4.78, 5) is 23.8. The lowest BCUT2D eigenvalue weighted by Crippen LogP contribution is -2.36. The lowest BCUT2D eigenvalue weighted by atomic mass is 9.79. The molecule has 0 aromatic carbocycles. The van der Waals surface area contributed by atoms with Crippen molar-refractivity contribution in [1.29, 1.82) is 0 Å². The summed E-state index contributed by atoms with van der Waals surface area (Å²) in [5.74, 6) is -0.457. The SMILES string of the molecule is C=C1C(=O)CC[C@@]1(CC1OCCO1)C(=O)OCC. The van der Waals surface area contributed by atoms with Crippen LogP contribution >= 0.6 is 0 Å². The molecule has 1 aliphatic carbocycles. The van der Waals surface area contributed by atoms with Crippen LogP contribution in [0.3, 0.4) is 0 Å². The first-order chi connectivity index (χ1) is 8.60. The topological polar surface area (TPSA) is 61.8 Å². The van der Waals surface area contributed by atoms with Gasteiger partial charge in [-0.2, -0.15) is 0 Å². The maximum Gasteiger partial charge on any atom is 0.316 e. The number of carbonyl (C=O) groups excluding carboxylic acids is 2. The van der Waals surface area contributed by atoms with Crippen LogP contribution in [-0.4, -0.2) is 37.9 Å². The van der Waals surface area contributed by atoms with Crippen LogP contribution in [-0.2, 0) is 23.8 Å². The molecule has 2 rings (SSSR count). The van der Waals surface area contributed by atoms with Crippen LogP contribution in [0.25, 0.3) is 0 Å². The predicted octanol–water partition coefficient (Wildman–Crippen LogP) is 1.22. The third-order valence-electron chi connectivity index (χ3n) is 3.57. The number of carbonyl (C=O) groups is 2. The molecule has 1 saturated carbocycles. The van der Waals surface area contributed by atoms with E-state index in [9.17, 15) is 9.59 Å². The van der Waals surface area contributed by atoms with E-state index in [2.05, 4.69) is 6.58 Å². The van der Waals surface area contributed by atoms with Crippen molar-refractivity contribution in [1.82, 2.24) is 0 Å². The van der Waals surface area contributed by atoms with E-state index in [1.54, 1.807) is 6.92 Å². The predicted molar refractivity (Wildman–Crippen MR) is 62.8 cm³/mol. The zero-order valence-electron chi connectivity index (χ0n) is 10.6. The van der Waals surface area contributed by atoms with E-state index in [0.29, 0.717) is 38.0 Å². The van der Waals surface area contributed by atoms with Gasteiger partial charge in [0.05, 0.1) is 19.8 Å². The van der Waals surface area contributed by atoms with Crippen molar-refractivity contribution >= 4 is 11.8 Å². The molecule has 2 aliphatic rings. The molecule has 0 aromatic heterocycles. The molecule has 0 N–H and O–H groups in total. The van der Waals surface area contributed by atoms with Crippen molar-refractivity contribution < 1.29 is 23.8 Å². The quantitative estimate of drug-likeness (QED) is 0.557. The highest BCUT2D eigenvalue weighted by atomic mass is 16.7. The average Bonchev–Trinajstić information content (AvgIpc) is 2.94. The highest BCUT2D eigenvalue weighted by Gasteiger charge is 2.51. The fourth-order valence-corrected chi connectivity index (χ4v) is 2.51. The van der Waals surface area contributed by atoms with Gasteiger partial charge in [0.1, 0.15) is 5.41 Å². The van der Waals surface area contributed by atoms with Gasteiger partial charge >= 0.3 is 5.97 Å². The number of esters is 1. The Bertz CT molecular complexity index is 370. The summed E-state index contributed by atoms with van der Waals surface area (Å²) in [5, 5.41) is 0. The normalized spacial score (nSPS) is 28.9. The standard InChI is InChI=1S/C13H18O5/c1-3-16-12(15)13(5-4-10(14)9(13)2)8-11-17-6-7-18-11/h11H,2-8H2,1H3/t13-/m0/s1. The Morgan fingerprint density at radius 2 is 2.17 bits per heavy atom. The summed E-state index contributed by atoms with van der Waals surface area (Å²) in [6.07, 6.45) is 0.644. The summed E-state index contributed by atoms with van der Waals surface area (Å²) in [6.45, 7) is 6.84. The Hall–Kier alpha value is -1.20. The zero-order valence-corrected chi connectivity index (χ0v) is 10.6. The van der Waals surface area contributed by atoms with Crippen LogP contribution in [0, 0.1) is 5.41 Å². The van der Waals surface area contributed by atoms with Gasteiger partial charge in [0.15, 0.2) is 12.1 Å². The molecule has 0 aromatic rings. The number of ketones is 1. The first kappa shape index (κ1) is 13.2. The molecule has 0 unspecified atom stereocenters. The molecule has 1 atom stereocenters. The van der Waals surface area contributed by atoms with Crippen LogP contribution in [0.4, 0.5) is 0 Å². The van der Waals surface area contributed by atoms with E-state index in [1.807, 2.05) is 0 Å². The maximum absolute atomic E-state index is 12.2. The third kappa shape index (κ3) is 2.20. The Kier molecular flexibility index (Phi) is 3.82. The minimum atomic E-state index is -0.956. The summed E-state index contributed by atoms with van der Waals surface area (Å²) in [7, 11) is 0. The maximum atomic E-state index is 12.2. The molecular formula is C13H18O5. The molecule has 0 amide bonds. The number of hydrogen-bond acceptors (Lipinski definition) is 5. The van der Waals surface area contributed by atoms with E-state index in [-0.39, 0.29) is 18.4 Å². The average molecular weight is 254 g/mol. The molecule has 5 nitrogen and oxygen atoms in total. The van der Waals surface area contributed by atoms with Crippen molar-refractivity contribution in [2.24, 2.45) is 5.41 Å². The van der Waals surface area contributed by atoms with Gasteiger partial charge < -0.3 is 14.2 Å². The van der Waals surface area contributed by atoms with Crippen LogP contribution in [0.15, 0.2) is 12.2 Å². The highest BCUT2D eigenvalue weighted by Crippen LogP contribution is 2.45. The van der Waals surface area contributed by atoms with Crippen molar-refractivity contribution in [2.45, 2.75) is 32.5 Å². The summed E-state index contributed by atoms with van der Waals surface area (Å²) >= 11 is 0. The van der Waals surface area contributed by atoms with Gasteiger partial charge in [-0.05, 0) is 13.3 Å². The molecule has 18 heavy (non-hydrogen) atoms. The number of hydrogen-bond donors (Lipinski definition) is 0. The molecule has 1 saturated heterocycles. The molecule has 1 heterocycles. The molecule has 0 spiro atoms. The summed E-state index contributed by atoms with van der Waals surface area (Å²) in [5.41, 5.74) is -0.623. The van der Waals surface area contributed by atoms with Gasteiger partial charge in [0, 0.05) is 18.4 Å². The van der Waals surface area contributed by atoms with Crippen LogP contribution in [0.1, 0.15) is 26.2 Å². The number of ether oxygens (including phenoxy) is 3. The van der Waals surface area contributed by atoms with Crippen molar-refractivity contribution in [3.8, 4) is 0 Å². The van der Waals surface area contributed by atoms with Crippen molar-refractivity contribution in [3.05, 3.63) is 12.2 Å². The smallest absolute Gasteiger partial charge is 0.316 e. The monoisotopic (exact) mass is 254 g/mol. The lowest BCUT2D eigenvalue weighted by Gasteiger charge is -2.28. The Morgan fingerprint density at radius 3 is 2.67 bits per heavy atom. The molecule has 100 valence electrons. The van der Waals surface area contributed by atoms with Gasteiger partial charge in [0.2, 0.25) is 0 Å². The zero-order chi connectivity index (χ0) is 13.2. The molecular weight excluding hydrogens is 236 g/mol. The molecule has 0 bridgehead atoms. The Balaban J connectivity index is 2.19.